The largest absolute Gasteiger partial charge is 0.307 e. The summed E-state index contributed by atoms with van der Waals surface area (Å²) < 4.78 is 5.07. The van der Waals surface area contributed by atoms with Crippen molar-refractivity contribution in [3.8, 4) is 33.6 Å². The lowest BCUT2D eigenvalue weighted by atomic mass is 10.0. The maximum Gasteiger partial charge on any atom is 0.179 e. The minimum atomic E-state index is -2.85. The fourth-order valence-corrected chi connectivity index (χ4v) is 15.1. The van der Waals surface area contributed by atoms with E-state index in [1.807, 2.05) is 0 Å². The number of para-hydroxylation sites is 2. The quantitative estimate of drug-likeness (QED) is 0.107. The van der Waals surface area contributed by atoms with Crippen LogP contribution in [0.4, 0.5) is 0 Å². The Labute approximate surface area is 368 Å². The highest BCUT2D eigenvalue weighted by Gasteiger charge is 2.41. The fourth-order valence-electron chi connectivity index (χ4n) is 10.3. The topological polar surface area (TPSA) is 9.86 Å². The van der Waals surface area contributed by atoms with Crippen LogP contribution in [0.1, 0.15) is 0 Å². The number of hydrogen-bond acceptors (Lipinski definition) is 0. The molecule has 3 heteroatoms. The molecule has 12 rings (SSSR count). The Bertz CT molecular complexity index is 3500. The Morgan fingerprint density at radius 1 is 0.254 bits per heavy atom. The Hall–Kier alpha value is -7.98. The van der Waals surface area contributed by atoms with E-state index < -0.39 is 8.07 Å². The van der Waals surface area contributed by atoms with Gasteiger partial charge in [-0.05, 0) is 85.5 Å². The van der Waals surface area contributed by atoms with Crippen molar-refractivity contribution in [2.24, 2.45) is 0 Å². The van der Waals surface area contributed by atoms with Crippen molar-refractivity contribution in [3.05, 3.63) is 255 Å². The van der Waals surface area contributed by atoms with Crippen LogP contribution in [-0.4, -0.2) is 17.2 Å². The summed E-state index contributed by atoms with van der Waals surface area (Å²) in [6, 6.07) is 94.4. The van der Waals surface area contributed by atoms with E-state index in [0.29, 0.717) is 0 Å². The Morgan fingerprint density at radius 2 is 0.714 bits per heavy atom. The van der Waals surface area contributed by atoms with Gasteiger partial charge in [-0.3, -0.25) is 0 Å². The molecule has 0 bridgehead atoms. The first-order valence-corrected chi connectivity index (χ1v) is 23.8. The summed E-state index contributed by atoms with van der Waals surface area (Å²) in [5.41, 5.74) is 11.7. The highest BCUT2D eigenvalue weighted by molar-refractivity contribution is 7.20. The molecule has 0 atom stereocenters. The van der Waals surface area contributed by atoms with Crippen LogP contribution in [0.3, 0.4) is 0 Å². The molecule has 2 nitrogen and oxygen atoms in total. The van der Waals surface area contributed by atoms with Gasteiger partial charge in [0.05, 0.1) is 27.8 Å². The Kier molecular flexibility index (Phi) is 8.87. The second-order valence-corrected chi connectivity index (χ2v) is 20.3. The summed E-state index contributed by atoms with van der Waals surface area (Å²) in [6.45, 7) is 0. The fraction of sp³-hybridized carbons (Fsp3) is 0. The number of fused-ring (bicyclic) bond motifs is 6. The van der Waals surface area contributed by atoms with Crippen molar-refractivity contribution < 1.29 is 0 Å². The molecule has 0 saturated carbocycles. The summed E-state index contributed by atoms with van der Waals surface area (Å²) in [7, 11) is -2.85. The lowest BCUT2D eigenvalue weighted by Gasteiger charge is -2.34. The molecule has 0 aliphatic carbocycles. The molecule has 0 aliphatic rings. The van der Waals surface area contributed by atoms with Crippen LogP contribution in [0, 0.1) is 0 Å². The molecule has 2 aromatic heterocycles. The second-order valence-electron chi connectivity index (χ2n) is 16.5. The van der Waals surface area contributed by atoms with Crippen molar-refractivity contribution in [2.75, 3.05) is 0 Å². The Morgan fingerprint density at radius 3 is 1.30 bits per heavy atom. The van der Waals surface area contributed by atoms with Gasteiger partial charge in [-0.1, -0.05) is 212 Å². The molecule has 0 radical (unpaired) electrons. The summed E-state index contributed by atoms with van der Waals surface area (Å²) >= 11 is 0. The molecule has 0 aliphatic heterocycles. The Balaban J connectivity index is 1.24. The predicted octanol–water partition coefficient (Wildman–Crippen LogP) is 12.6. The summed E-state index contributed by atoms with van der Waals surface area (Å²) in [5.74, 6) is 0. The maximum atomic E-state index is 2.57. The van der Waals surface area contributed by atoms with E-state index in [1.54, 1.807) is 0 Å². The van der Waals surface area contributed by atoms with E-state index in [-0.39, 0.29) is 0 Å². The maximum absolute atomic E-state index is 2.85. The third-order valence-electron chi connectivity index (χ3n) is 13.0. The molecule has 0 fully saturated rings. The van der Waals surface area contributed by atoms with Crippen LogP contribution >= 0.6 is 0 Å². The number of benzene rings is 10. The second kappa shape index (κ2) is 15.2. The zero-order valence-corrected chi connectivity index (χ0v) is 35.6. The smallest absolute Gasteiger partial charge is 0.179 e. The third-order valence-corrected chi connectivity index (χ3v) is 17.8. The molecule has 0 amide bonds. The van der Waals surface area contributed by atoms with Gasteiger partial charge in [0.2, 0.25) is 0 Å². The molecule has 0 N–H and O–H groups in total. The first-order chi connectivity index (χ1) is 31.3. The first kappa shape index (κ1) is 36.8. The van der Waals surface area contributed by atoms with Gasteiger partial charge < -0.3 is 9.13 Å². The van der Waals surface area contributed by atoms with Gasteiger partial charge in [-0.15, -0.1) is 0 Å². The molecular formula is C60H42N2Si. The number of nitrogens with zero attached hydrogens (tertiary/aromatic N) is 2. The van der Waals surface area contributed by atoms with E-state index in [2.05, 4.69) is 264 Å². The highest BCUT2D eigenvalue weighted by atomic mass is 28.3. The van der Waals surface area contributed by atoms with Gasteiger partial charge in [0.1, 0.15) is 0 Å². The minimum Gasteiger partial charge on any atom is -0.307 e. The van der Waals surface area contributed by atoms with Crippen molar-refractivity contribution in [3.63, 3.8) is 0 Å². The van der Waals surface area contributed by atoms with Crippen molar-refractivity contribution in [2.45, 2.75) is 0 Å². The molecule has 2 heterocycles. The SMILES string of the molecule is c1ccc(-c2cccc(-n3c4ccccc4c4cc(-c5ccccc5)cc(-n5c6ccccc6c6ccc([Si](c7ccccc7)(c7ccccc7)c7ccccc7)cc65)c43)c2)cc1. The third kappa shape index (κ3) is 5.93. The van der Waals surface area contributed by atoms with E-state index in [0.717, 1.165) is 11.4 Å². The van der Waals surface area contributed by atoms with Crippen molar-refractivity contribution >= 4 is 72.4 Å². The molecule has 0 unspecified atom stereocenters. The van der Waals surface area contributed by atoms with Crippen LogP contribution in [0.2, 0.25) is 0 Å². The van der Waals surface area contributed by atoms with Crippen LogP contribution in [0.15, 0.2) is 255 Å². The lowest BCUT2D eigenvalue weighted by Crippen LogP contribution is -2.74. The number of aromatic nitrogens is 2. The van der Waals surface area contributed by atoms with Crippen molar-refractivity contribution in [1.29, 1.82) is 0 Å². The van der Waals surface area contributed by atoms with Gasteiger partial charge in [-0.25, -0.2) is 0 Å². The lowest BCUT2D eigenvalue weighted by molar-refractivity contribution is 1.13. The molecule has 296 valence electrons. The van der Waals surface area contributed by atoms with Crippen LogP contribution in [0.25, 0.3) is 77.2 Å². The average molecular weight is 819 g/mol. The van der Waals surface area contributed by atoms with Gasteiger partial charge in [-0.2, -0.15) is 0 Å². The molecule has 10 aromatic carbocycles. The standard InChI is InChI=1S/C60H42N2Si/c1-6-21-43(22-7-1)45-25-20-26-47(39-45)61-56-35-18-17-34-53(56)55-40-46(44-23-8-2-9-24-44)41-59(60(55)61)62-57-36-19-16-33-52(57)54-38-37-51(42-58(54)62)63(48-27-10-3-11-28-48,49-29-12-4-13-30-49)50-31-14-5-15-32-50/h1-42H. The molecule has 0 spiro atoms. The average Bonchev–Trinajstić information content (AvgIpc) is 3.88. The predicted molar refractivity (Wildman–Crippen MR) is 270 cm³/mol. The van der Waals surface area contributed by atoms with Crippen LogP contribution in [-0.2, 0) is 0 Å². The zero-order valence-electron chi connectivity index (χ0n) is 34.6. The van der Waals surface area contributed by atoms with E-state index in [4.69, 9.17) is 0 Å². The normalized spacial score (nSPS) is 11.8. The monoisotopic (exact) mass is 818 g/mol. The molecule has 12 aromatic rings. The van der Waals surface area contributed by atoms with Crippen molar-refractivity contribution in [1.82, 2.24) is 9.13 Å². The van der Waals surface area contributed by atoms with E-state index >= 15 is 0 Å². The van der Waals surface area contributed by atoms with Crippen LogP contribution in [0.5, 0.6) is 0 Å². The first-order valence-electron chi connectivity index (χ1n) is 21.8. The van der Waals surface area contributed by atoms with Gasteiger partial charge >= 0.3 is 0 Å². The minimum absolute atomic E-state index is 1.13. The number of hydrogen-bond donors (Lipinski definition) is 0. The highest BCUT2D eigenvalue weighted by Crippen LogP contribution is 2.42. The summed E-state index contributed by atoms with van der Waals surface area (Å²) in [4.78, 5) is 0. The summed E-state index contributed by atoms with van der Waals surface area (Å²) in [5, 5.41) is 10.3. The van der Waals surface area contributed by atoms with E-state index in [9.17, 15) is 0 Å². The molecular weight excluding hydrogens is 777 g/mol. The van der Waals surface area contributed by atoms with Gasteiger partial charge in [0.25, 0.3) is 0 Å². The summed E-state index contributed by atoms with van der Waals surface area (Å²) in [6.07, 6.45) is 0. The van der Waals surface area contributed by atoms with Crippen LogP contribution < -0.4 is 20.7 Å². The van der Waals surface area contributed by atoms with Gasteiger partial charge in [0, 0.05) is 27.2 Å². The number of rotatable bonds is 8. The zero-order chi connectivity index (χ0) is 41.7. The van der Waals surface area contributed by atoms with Gasteiger partial charge in [0.15, 0.2) is 8.07 Å². The molecule has 0 saturated heterocycles. The van der Waals surface area contributed by atoms with E-state index in [1.165, 1.54) is 86.6 Å². The molecule has 63 heavy (non-hydrogen) atoms.